The van der Waals surface area contributed by atoms with E-state index >= 15 is 0 Å². The van der Waals surface area contributed by atoms with E-state index in [-0.39, 0.29) is 6.10 Å². The first-order chi connectivity index (χ1) is 10.2. The van der Waals surface area contributed by atoms with Gasteiger partial charge in [-0.25, -0.2) is 0 Å². The SMILES string of the molecule is CCC(O)CC1CC(NCc2ccccc2)CN(CC)C1. The van der Waals surface area contributed by atoms with Crippen molar-refractivity contribution >= 4 is 0 Å². The number of aliphatic hydroxyl groups is 1. The van der Waals surface area contributed by atoms with Crippen LogP contribution in [0.5, 0.6) is 0 Å². The largest absolute Gasteiger partial charge is 0.393 e. The summed E-state index contributed by atoms with van der Waals surface area (Å²) in [4.78, 5) is 2.51. The van der Waals surface area contributed by atoms with Crippen LogP contribution in [-0.4, -0.2) is 41.8 Å². The number of likely N-dealkylation sites (N-methyl/N-ethyl adjacent to an activating group) is 1. The van der Waals surface area contributed by atoms with Crippen molar-refractivity contribution in [3.05, 3.63) is 35.9 Å². The lowest BCUT2D eigenvalue weighted by Crippen LogP contribution is -2.49. The predicted molar refractivity (Wildman–Crippen MR) is 88.2 cm³/mol. The molecular formula is C18H30N2O. The standard InChI is InChI=1S/C18H30N2O/c1-3-18(21)11-16-10-17(14-20(4-2)13-16)19-12-15-8-6-5-7-9-15/h5-9,16-19,21H,3-4,10-14H2,1-2H3. The number of rotatable bonds is 7. The lowest BCUT2D eigenvalue weighted by atomic mass is 9.89. The highest BCUT2D eigenvalue weighted by molar-refractivity contribution is 5.14. The Kier molecular flexibility index (Phi) is 6.68. The molecule has 3 unspecified atom stereocenters. The molecule has 0 aromatic heterocycles. The van der Waals surface area contributed by atoms with E-state index in [1.165, 1.54) is 12.0 Å². The molecule has 3 nitrogen and oxygen atoms in total. The van der Waals surface area contributed by atoms with E-state index in [2.05, 4.69) is 54.4 Å². The number of benzene rings is 1. The lowest BCUT2D eigenvalue weighted by Gasteiger charge is -2.38. The van der Waals surface area contributed by atoms with Crippen LogP contribution in [0.1, 0.15) is 38.7 Å². The van der Waals surface area contributed by atoms with Gasteiger partial charge in [0.05, 0.1) is 6.10 Å². The van der Waals surface area contributed by atoms with E-state index in [1.54, 1.807) is 0 Å². The first-order valence-corrected chi connectivity index (χ1v) is 8.39. The normalized spacial score (nSPS) is 24.9. The maximum Gasteiger partial charge on any atom is 0.0540 e. The summed E-state index contributed by atoms with van der Waals surface area (Å²) in [5.41, 5.74) is 1.34. The minimum atomic E-state index is -0.137. The maximum atomic E-state index is 9.92. The average molecular weight is 290 g/mol. The summed E-state index contributed by atoms with van der Waals surface area (Å²) >= 11 is 0. The number of likely N-dealkylation sites (tertiary alicyclic amines) is 1. The molecule has 21 heavy (non-hydrogen) atoms. The second-order valence-electron chi connectivity index (χ2n) is 6.32. The van der Waals surface area contributed by atoms with Gasteiger partial charge in [0, 0.05) is 25.7 Å². The second-order valence-corrected chi connectivity index (χ2v) is 6.32. The Balaban J connectivity index is 1.86. The number of aliphatic hydroxyl groups excluding tert-OH is 1. The molecule has 1 aliphatic rings. The third-order valence-electron chi connectivity index (χ3n) is 4.57. The van der Waals surface area contributed by atoms with Gasteiger partial charge in [0.2, 0.25) is 0 Å². The second kappa shape index (κ2) is 8.52. The van der Waals surface area contributed by atoms with Crippen molar-refractivity contribution in [3.8, 4) is 0 Å². The zero-order valence-electron chi connectivity index (χ0n) is 13.5. The number of hydrogen-bond donors (Lipinski definition) is 2. The summed E-state index contributed by atoms with van der Waals surface area (Å²) in [6.07, 6.45) is 2.85. The van der Waals surface area contributed by atoms with Gasteiger partial charge < -0.3 is 15.3 Å². The summed E-state index contributed by atoms with van der Waals surface area (Å²) in [6, 6.07) is 11.1. The predicted octanol–water partition coefficient (Wildman–Crippen LogP) is 2.65. The molecule has 2 N–H and O–H groups in total. The molecule has 1 saturated heterocycles. The zero-order chi connectivity index (χ0) is 15.1. The van der Waals surface area contributed by atoms with Crippen molar-refractivity contribution in [3.63, 3.8) is 0 Å². The van der Waals surface area contributed by atoms with Crippen LogP contribution in [0.15, 0.2) is 30.3 Å². The highest BCUT2D eigenvalue weighted by Gasteiger charge is 2.27. The highest BCUT2D eigenvalue weighted by Crippen LogP contribution is 2.22. The summed E-state index contributed by atoms with van der Waals surface area (Å²) in [5, 5.41) is 13.6. The number of nitrogens with zero attached hydrogens (tertiary/aromatic N) is 1. The number of piperidine rings is 1. The van der Waals surface area contributed by atoms with Gasteiger partial charge in [-0.05, 0) is 37.3 Å². The van der Waals surface area contributed by atoms with Gasteiger partial charge in [-0.15, -0.1) is 0 Å². The van der Waals surface area contributed by atoms with Crippen molar-refractivity contribution in [2.24, 2.45) is 5.92 Å². The molecule has 2 rings (SSSR count). The summed E-state index contributed by atoms with van der Waals surface area (Å²) < 4.78 is 0. The van der Waals surface area contributed by atoms with Gasteiger partial charge in [-0.2, -0.15) is 0 Å². The third-order valence-corrected chi connectivity index (χ3v) is 4.57. The molecule has 0 bridgehead atoms. The smallest absolute Gasteiger partial charge is 0.0540 e. The molecule has 1 aromatic carbocycles. The van der Waals surface area contributed by atoms with E-state index in [0.717, 1.165) is 39.0 Å². The van der Waals surface area contributed by atoms with E-state index in [0.29, 0.717) is 12.0 Å². The molecule has 1 aliphatic heterocycles. The molecule has 118 valence electrons. The fourth-order valence-corrected chi connectivity index (χ4v) is 3.29. The Morgan fingerprint density at radius 2 is 2.00 bits per heavy atom. The zero-order valence-corrected chi connectivity index (χ0v) is 13.5. The molecular weight excluding hydrogens is 260 g/mol. The summed E-state index contributed by atoms with van der Waals surface area (Å²) in [7, 11) is 0. The average Bonchev–Trinajstić information content (AvgIpc) is 2.53. The molecule has 3 heteroatoms. The number of hydrogen-bond acceptors (Lipinski definition) is 3. The first-order valence-electron chi connectivity index (χ1n) is 8.39. The van der Waals surface area contributed by atoms with E-state index < -0.39 is 0 Å². The molecule has 1 fully saturated rings. The van der Waals surface area contributed by atoms with Gasteiger partial charge in [-0.3, -0.25) is 0 Å². The summed E-state index contributed by atoms with van der Waals surface area (Å²) in [6.45, 7) is 8.59. The molecule has 0 radical (unpaired) electrons. The molecule has 0 spiro atoms. The van der Waals surface area contributed by atoms with Gasteiger partial charge in [0.25, 0.3) is 0 Å². The van der Waals surface area contributed by atoms with Crippen LogP contribution in [0, 0.1) is 5.92 Å². The van der Waals surface area contributed by atoms with Crippen LogP contribution in [0.25, 0.3) is 0 Å². The highest BCUT2D eigenvalue weighted by atomic mass is 16.3. The van der Waals surface area contributed by atoms with E-state index in [1.807, 2.05) is 0 Å². The molecule has 1 heterocycles. The topological polar surface area (TPSA) is 35.5 Å². The Morgan fingerprint density at radius 1 is 1.24 bits per heavy atom. The van der Waals surface area contributed by atoms with E-state index in [9.17, 15) is 5.11 Å². The van der Waals surface area contributed by atoms with Gasteiger partial charge in [-0.1, -0.05) is 44.2 Å². The molecule has 0 aliphatic carbocycles. The molecule has 3 atom stereocenters. The first kappa shape index (κ1) is 16.5. The lowest BCUT2D eigenvalue weighted by molar-refractivity contribution is 0.0859. The van der Waals surface area contributed by atoms with Gasteiger partial charge in [0.1, 0.15) is 0 Å². The third kappa shape index (κ3) is 5.42. The Hall–Kier alpha value is -0.900. The van der Waals surface area contributed by atoms with Crippen LogP contribution in [0.4, 0.5) is 0 Å². The Morgan fingerprint density at radius 3 is 2.67 bits per heavy atom. The van der Waals surface area contributed by atoms with Crippen molar-refractivity contribution in [2.75, 3.05) is 19.6 Å². The van der Waals surface area contributed by atoms with Crippen molar-refractivity contribution < 1.29 is 5.11 Å². The Bertz CT molecular complexity index is 393. The van der Waals surface area contributed by atoms with Gasteiger partial charge >= 0.3 is 0 Å². The monoisotopic (exact) mass is 290 g/mol. The summed E-state index contributed by atoms with van der Waals surface area (Å²) in [5.74, 6) is 0.613. The Labute approximate surface area is 129 Å². The van der Waals surface area contributed by atoms with Crippen molar-refractivity contribution in [1.82, 2.24) is 10.2 Å². The van der Waals surface area contributed by atoms with Crippen LogP contribution in [-0.2, 0) is 6.54 Å². The quantitative estimate of drug-likeness (QED) is 0.810. The fourth-order valence-electron chi connectivity index (χ4n) is 3.29. The van der Waals surface area contributed by atoms with E-state index in [4.69, 9.17) is 0 Å². The molecule has 0 amide bonds. The molecule has 0 saturated carbocycles. The van der Waals surface area contributed by atoms with Crippen LogP contribution >= 0.6 is 0 Å². The van der Waals surface area contributed by atoms with Gasteiger partial charge in [0.15, 0.2) is 0 Å². The van der Waals surface area contributed by atoms with Crippen molar-refractivity contribution in [2.45, 2.75) is 51.8 Å². The van der Waals surface area contributed by atoms with Crippen molar-refractivity contribution in [1.29, 1.82) is 0 Å². The minimum absolute atomic E-state index is 0.137. The van der Waals surface area contributed by atoms with Crippen LogP contribution in [0.2, 0.25) is 0 Å². The maximum absolute atomic E-state index is 9.92. The van der Waals surface area contributed by atoms with Crippen LogP contribution < -0.4 is 5.32 Å². The number of nitrogens with one attached hydrogen (secondary N) is 1. The fraction of sp³-hybridized carbons (Fsp3) is 0.667. The minimum Gasteiger partial charge on any atom is -0.393 e. The van der Waals surface area contributed by atoms with Crippen LogP contribution in [0.3, 0.4) is 0 Å². The molecule has 1 aromatic rings.